The van der Waals surface area contributed by atoms with Crippen LogP contribution >= 0.6 is 12.6 Å². The molecule has 0 saturated carbocycles. The van der Waals surface area contributed by atoms with Crippen LogP contribution in [0.15, 0.2) is 54.6 Å². The van der Waals surface area contributed by atoms with Gasteiger partial charge in [-0.25, -0.2) is 0 Å². The summed E-state index contributed by atoms with van der Waals surface area (Å²) in [6, 6.07) is 17.5. The van der Waals surface area contributed by atoms with Crippen molar-refractivity contribution < 1.29 is 9.59 Å². The van der Waals surface area contributed by atoms with Gasteiger partial charge in [0.1, 0.15) is 0 Å². The molecule has 2 amide bonds. The monoisotopic (exact) mass is 328 g/mol. The summed E-state index contributed by atoms with van der Waals surface area (Å²) in [5, 5.41) is 5.55. The van der Waals surface area contributed by atoms with E-state index in [-0.39, 0.29) is 17.6 Å². The fraction of sp³-hybridized carbons (Fsp3) is 0.222. The van der Waals surface area contributed by atoms with Gasteiger partial charge in [0, 0.05) is 18.7 Å². The van der Waals surface area contributed by atoms with Crippen molar-refractivity contribution in [1.82, 2.24) is 10.6 Å². The molecule has 2 aromatic carbocycles. The summed E-state index contributed by atoms with van der Waals surface area (Å²) in [6.07, 6.45) is 0.688. The Morgan fingerprint density at radius 1 is 0.826 bits per heavy atom. The predicted octanol–water partition coefficient (Wildman–Crippen LogP) is 2.52. The minimum Gasteiger partial charge on any atom is -0.355 e. The van der Waals surface area contributed by atoms with Gasteiger partial charge >= 0.3 is 0 Å². The van der Waals surface area contributed by atoms with Crippen molar-refractivity contribution in [2.24, 2.45) is 0 Å². The number of benzene rings is 2. The molecule has 0 atom stereocenters. The number of hydrogen-bond donors (Lipinski definition) is 3. The number of thiol groups is 1. The van der Waals surface area contributed by atoms with Gasteiger partial charge in [-0.15, -0.1) is 0 Å². The fourth-order valence-corrected chi connectivity index (χ4v) is 2.23. The van der Waals surface area contributed by atoms with Crippen molar-refractivity contribution in [2.75, 3.05) is 18.8 Å². The molecule has 120 valence electrons. The van der Waals surface area contributed by atoms with Crippen molar-refractivity contribution in [3.05, 3.63) is 60.2 Å². The molecule has 0 aromatic heterocycles. The van der Waals surface area contributed by atoms with E-state index in [9.17, 15) is 9.59 Å². The minimum absolute atomic E-state index is 0.101. The molecule has 0 fully saturated rings. The first-order valence-corrected chi connectivity index (χ1v) is 8.15. The maximum Gasteiger partial charge on any atom is 0.251 e. The third kappa shape index (κ3) is 5.45. The van der Waals surface area contributed by atoms with Crippen LogP contribution in [0.1, 0.15) is 16.8 Å². The summed E-state index contributed by atoms with van der Waals surface area (Å²) in [6.45, 7) is 1.05. The molecule has 0 aliphatic carbocycles. The highest BCUT2D eigenvalue weighted by Gasteiger charge is 2.05. The smallest absolute Gasteiger partial charge is 0.251 e. The molecular weight excluding hydrogens is 308 g/mol. The standard InChI is InChI=1S/C18H20N2O2S/c21-17(13-23)19-11-4-12-20-18(22)16-9-7-15(8-10-16)14-5-2-1-3-6-14/h1-3,5-10,23H,4,11-13H2,(H,19,21)(H,20,22). The second-order valence-electron chi connectivity index (χ2n) is 5.06. The van der Waals surface area contributed by atoms with E-state index in [1.807, 2.05) is 54.6 Å². The molecule has 0 radical (unpaired) electrons. The van der Waals surface area contributed by atoms with E-state index in [0.29, 0.717) is 25.1 Å². The Balaban J connectivity index is 1.80. The summed E-state index contributed by atoms with van der Waals surface area (Å²) in [7, 11) is 0. The average molecular weight is 328 g/mol. The van der Waals surface area contributed by atoms with Gasteiger partial charge in [-0.2, -0.15) is 12.6 Å². The van der Waals surface area contributed by atoms with Crippen molar-refractivity contribution in [1.29, 1.82) is 0 Å². The highest BCUT2D eigenvalue weighted by molar-refractivity contribution is 7.81. The zero-order chi connectivity index (χ0) is 16.5. The molecule has 0 aliphatic heterocycles. The highest BCUT2D eigenvalue weighted by Crippen LogP contribution is 2.19. The van der Waals surface area contributed by atoms with Crippen LogP contribution in [0.2, 0.25) is 0 Å². The van der Waals surface area contributed by atoms with Crippen LogP contribution in [0.3, 0.4) is 0 Å². The van der Waals surface area contributed by atoms with Crippen molar-refractivity contribution in [3.63, 3.8) is 0 Å². The lowest BCUT2D eigenvalue weighted by molar-refractivity contribution is -0.118. The third-order valence-corrected chi connectivity index (χ3v) is 3.65. The first-order valence-electron chi connectivity index (χ1n) is 7.52. The topological polar surface area (TPSA) is 58.2 Å². The predicted molar refractivity (Wildman–Crippen MR) is 95.7 cm³/mol. The molecule has 5 heteroatoms. The molecule has 2 rings (SSSR count). The molecule has 0 unspecified atom stereocenters. The highest BCUT2D eigenvalue weighted by atomic mass is 32.1. The van der Waals surface area contributed by atoms with Crippen LogP contribution in [0, 0.1) is 0 Å². The number of rotatable bonds is 7. The molecule has 0 bridgehead atoms. The molecule has 2 aromatic rings. The van der Waals surface area contributed by atoms with E-state index in [2.05, 4.69) is 23.3 Å². The van der Waals surface area contributed by atoms with Gasteiger partial charge in [0.2, 0.25) is 5.91 Å². The van der Waals surface area contributed by atoms with Gasteiger partial charge in [-0.3, -0.25) is 9.59 Å². The Morgan fingerprint density at radius 3 is 2.09 bits per heavy atom. The molecule has 4 nitrogen and oxygen atoms in total. The summed E-state index contributed by atoms with van der Waals surface area (Å²) >= 11 is 3.87. The van der Waals surface area contributed by atoms with Crippen molar-refractivity contribution >= 4 is 24.4 Å². The fourth-order valence-electron chi connectivity index (χ4n) is 2.12. The van der Waals surface area contributed by atoms with Gasteiger partial charge in [0.25, 0.3) is 5.91 Å². The van der Waals surface area contributed by atoms with Gasteiger partial charge in [0.05, 0.1) is 5.75 Å². The van der Waals surface area contributed by atoms with E-state index < -0.39 is 0 Å². The molecule has 0 aliphatic rings. The summed E-state index contributed by atoms with van der Waals surface area (Å²) in [5.41, 5.74) is 2.83. The largest absolute Gasteiger partial charge is 0.355 e. The molecule has 0 heterocycles. The van der Waals surface area contributed by atoms with Crippen molar-refractivity contribution in [3.8, 4) is 11.1 Å². The lowest BCUT2D eigenvalue weighted by atomic mass is 10.0. The zero-order valence-electron chi connectivity index (χ0n) is 12.8. The van der Waals surface area contributed by atoms with Crippen LogP contribution in [0.5, 0.6) is 0 Å². The summed E-state index contributed by atoms with van der Waals surface area (Å²) in [4.78, 5) is 23.0. The minimum atomic E-state index is -0.106. The number of carbonyl (C=O) groups excluding carboxylic acids is 2. The van der Waals surface area contributed by atoms with E-state index in [1.54, 1.807) is 0 Å². The number of amides is 2. The lowest BCUT2D eigenvalue weighted by Gasteiger charge is -2.07. The van der Waals surface area contributed by atoms with Crippen LogP contribution in [0.4, 0.5) is 0 Å². The molecule has 23 heavy (non-hydrogen) atoms. The molecule has 0 saturated heterocycles. The maximum absolute atomic E-state index is 12.0. The molecule has 0 spiro atoms. The second-order valence-corrected chi connectivity index (χ2v) is 5.38. The SMILES string of the molecule is O=C(CS)NCCCNC(=O)c1ccc(-c2ccccc2)cc1. The van der Waals surface area contributed by atoms with E-state index in [4.69, 9.17) is 0 Å². The quantitative estimate of drug-likeness (QED) is 0.540. The third-order valence-electron chi connectivity index (χ3n) is 3.36. The molecule has 2 N–H and O–H groups in total. The Labute approximate surface area is 141 Å². The Kier molecular flexibility index (Phi) is 6.69. The second kappa shape index (κ2) is 9.00. The van der Waals surface area contributed by atoms with E-state index >= 15 is 0 Å². The van der Waals surface area contributed by atoms with Crippen LogP contribution in [-0.4, -0.2) is 30.7 Å². The molecular formula is C18H20N2O2S. The number of hydrogen-bond acceptors (Lipinski definition) is 3. The Bertz CT molecular complexity index is 642. The average Bonchev–Trinajstić information content (AvgIpc) is 2.62. The van der Waals surface area contributed by atoms with Gasteiger partial charge in [0.15, 0.2) is 0 Å². The summed E-state index contributed by atoms with van der Waals surface area (Å²) < 4.78 is 0. The first kappa shape index (κ1) is 17.1. The van der Waals surface area contributed by atoms with Gasteiger partial charge < -0.3 is 10.6 Å². The van der Waals surface area contributed by atoms with Gasteiger partial charge in [-0.1, -0.05) is 42.5 Å². The maximum atomic E-state index is 12.0. The number of carbonyl (C=O) groups is 2. The number of nitrogens with one attached hydrogen (secondary N) is 2. The van der Waals surface area contributed by atoms with E-state index in [0.717, 1.165) is 11.1 Å². The van der Waals surface area contributed by atoms with E-state index in [1.165, 1.54) is 0 Å². The zero-order valence-corrected chi connectivity index (χ0v) is 13.7. The normalized spacial score (nSPS) is 10.1. The van der Waals surface area contributed by atoms with Gasteiger partial charge in [-0.05, 0) is 29.7 Å². The van der Waals surface area contributed by atoms with Crippen LogP contribution in [0.25, 0.3) is 11.1 Å². The first-order chi connectivity index (χ1) is 11.2. The van der Waals surface area contributed by atoms with Crippen LogP contribution in [-0.2, 0) is 4.79 Å². The lowest BCUT2D eigenvalue weighted by Crippen LogP contribution is -2.30. The van der Waals surface area contributed by atoms with Crippen molar-refractivity contribution in [2.45, 2.75) is 6.42 Å². The Hall–Kier alpha value is -2.27. The summed E-state index contributed by atoms with van der Waals surface area (Å²) in [5.74, 6) is -0.0265. The van der Waals surface area contributed by atoms with Crippen LogP contribution < -0.4 is 10.6 Å². The Morgan fingerprint density at radius 2 is 1.43 bits per heavy atom.